The first-order valence-corrected chi connectivity index (χ1v) is 8.68. The van der Waals surface area contributed by atoms with Crippen LogP contribution in [0.25, 0.3) is 11.0 Å². The van der Waals surface area contributed by atoms with E-state index in [1.54, 1.807) is 19.1 Å². The van der Waals surface area contributed by atoms with E-state index in [0.717, 1.165) is 11.0 Å². The van der Waals surface area contributed by atoms with Crippen LogP contribution in [0.5, 0.6) is 0 Å². The monoisotopic (exact) mass is 369 g/mol. The number of ether oxygens (including phenoxy) is 1. The Morgan fingerprint density at radius 1 is 1.23 bits per heavy atom. The SMILES string of the molecule is CCOC(=O)[C@H]1C(=O)Nc2nc3ccccc3n2[C@@H]1c1ccccc1Cl. The molecule has 4 rings (SSSR count). The van der Waals surface area contributed by atoms with Gasteiger partial charge in [0.05, 0.1) is 23.7 Å². The lowest BCUT2D eigenvalue weighted by Crippen LogP contribution is -2.43. The number of para-hydroxylation sites is 2. The molecule has 2 heterocycles. The summed E-state index contributed by atoms with van der Waals surface area (Å²) in [5.74, 6) is -1.70. The third kappa shape index (κ3) is 2.54. The molecule has 1 aliphatic heterocycles. The first-order valence-electron chi connectivity index (χ1n) is 8.30. The Morgan fingerprint density at radius 2 is 1.96 bits per heavy atom. The molecular formula is C19H16ClN3O3. The third-order valence-electron chi connectivity index (χ3n) is 4.47. The fourth-order valence-electron chi connectivity index (χ4n) is 3.40. The van der Waals surface area contributed by atoms with Gasteiger partial charge in [0.1, 0.15) is 0 Å². The van der Waals surface area contributed by atoms with E-state index in [4.69, 9.17) is 16.3 Å². The molecule has 0 aliphatic carbocycles. The number of amides is 1. The smallest absolute Gasteiger partial charge is 0.321 e. The van der Waals surface area contributed by atoms with E-state index in [-0.39, 0.29) is 6.61 Å². The van der Waals surface area contributed by atoms with Crippen molar-refractivity contribution < 1.29 is 14.3 Å². The summed E-state index contributed by atoms with van der Waals surface area (Å²) in [5.41, 5.74) is 2.21. The minimum Gasteiger partial charge on any atom is -0.465 e. The number of aromatic nitrogens is 2. The fraction of sp³-hybridized carbons (Fsp3) is 0.211. The predicted octanol–water partition coefficient (Wildman–Crippen LogP) is 3.41. The van der Waals surface area contributed by atoms with Crippen molar-refractivity contribution in [3.63, 3.8) is 0 Å². The molecule has 1 amide bonds. The van der Waals surface area contributed by atoms with E-state index < -0.39 is 23.8 Å². The Bertz CT molecular complexity index is 1010. The zero-order valence-corrected chi connectivity index (χ0v) is 14.7. The van der Waals surface area contributed by atoms with Crippen LogP contribution in [0, 0.1) is 5.92 Å². The highest BCUT2D eigenvalue weighted by Crippen LogP contribution is 2.40. The van der Waals surface area contributed by atoms with Crippen LogP contribution >= 0.6 is 11.6 Å². The van der Waals surface area contributed by atoms with Crippen molar-refractivity contribution >= 4 is 40.5 Å². The summed E-state index contributed by atoms with van der Waals surface area (Å²) in [7, 11) is 0. The summed E-state index contributed by atoms with van der Waals surface area (Å²) in [6.45, 7) is 1.90. The van der Waals surface area contributed by atoms with Gasteiger partial charge in [0.2, 0.25) is 11.9 Å². The average molecular weight is 370 g/mol. The molecule has 132 valence electrons. The van der Waals surface area contributed by atoms with Gasteiger partial charge in [-0.15, -0.1) is 0 Å². The van der Waals surface area contributed by atoms with E-state index >= 15 is 0 Å². The van der Waals surface area contributed by atoms with Crippen molar-refractivity contribution in [2.75, 3.05) is 11.9 Å². The van der Waals surface area contributed by atoms with Gasteiger partial charge in [-0.3, -0.25) is 14.9 Å². The number of fused-ring (bicyclic) bond motifs is 3. The van der Waals surface area contributed by atoms with E-state index in [1.807, 2.05) is 41.0 Å². The highest BCUT2D eigenvalue weighted by molar-refractivity contribution is 6.31. The largest absolute Gasteiger partial charge is 0.465 e. The molecule has 0 bridgehead atoms. The standard InChI is InChI=1S/C19H16ClN3O3/c1-2-26-18(25)15-16(11-7-3-4-8-12(11)20)23-14-10-6-5-9-13(14)21-19(23)22-17(15)24/h3-10,15-16H,2H2,1H3,(H,21,22,24)/t15-,16-/m1/s1. The number of hydrogen-bond acceptors (Lipinski definition) is 4. The lowest BCUT2D eigenvalue weighted by Gasteiger charge is -2.32. The van der Waals surface area contributed by atoms with Crippen LogP contribution in [0.15, 0.2) is 48.5 Å². The Balaban J connectivity index is 1.99. The molecule has 0 fully saturated rings. The summed E-state index contributed by atoms with van der Waals surface area (Å²) < 4.78 is 7.02. The number of benzene rings is 2. The maximum absolute atomic E-state index is 12.7. The van der Waals surface area contributed by atoms with E-state index in [9.17, 15) is 9.59 Å². The normalized spacial score (nSPS) is 19.1. The Hall–Kier alpha value is -2.86. The number of halogens is 1. The third-order valence-corrected chi connectivity index (χ3v) is 4.82. The molecular weight excluding hydrogens is 354 g/mol. The molecule has 6 nitrogen and oxygen atoms in total. The van der Waals surface area contributed by atoms with Crippen molar-refractivity contribution in [2.45, 2.75) is 13.0 Å². The van der Waals surface area contributed by atoms with Gasteiger partial charge in [0.15, 0.2) is 5.92 Å². The van der Waals surface area contributed by atoms with Gasteiger partial charge < -0.3 is 9.30 Å². The molecule has 7 heteroatoms. The molecule has 3 aromatic rings. The quantitative estimate of drug-likeness (QED) is 0.567. The van der Waals surface area contributed by atoms with Crippen LogP contribution in [-0.2, 0) is 14.3 Å². The Morgan fingerprint density at radius 3 is 2.73 bits per heavy atom. The fourth-order valence-corrected chi connectivity index (χ4v) is 3.64. The average Bonchev–Trinajstić information content (AvgIpc) is 2.99. The van der Waals surface area contributed by atoms with Gasteiger partial charge in [-0.1, -0.05) is 41.9 Å². The molecule has 1 aromatic heterocycles. The maximum Gasteiger partial charge on any atom is 0.321 e. The number of carbonyl (C=O) groups excluding carboxylic acids is 2. The zero-order valence-electron chi connectivity index (χ0n) is 14.0. The number of hydrogen-bond donors (Lipinski definition) is 1. The topological polar surface area (TPSA) is 73.2 Å². The van der Waals surface area contributed by atoms with Gasteiger partial charge in [-0.25, -0.2) is 4.98 Å². The summed E-state index contributed by atoms with van der Waals surface area (Å²) >= 11 is 6.42. The Kier molecular flexibility index (Phi) is 4.12. The summed E-state index contributed by atoms with van der Waals surface area (Å²) in [6, 6.07) is 14.1. The van der Waals surface area contributed by atoms with Crippen molar-refractivity contribution in [1.29, 1.82) is 0 Å². The van der Waals surface area contributed by atoms with Gasteiger partial charge in [-0.2, -0.15) is 0 Å². The van der Waals surface area contributed by atoms with E-state index in [0.29, 0.717) is 16.5 Å². The maximum atomic E-state index is 12.7. The molecule has 0 unspecified atom stereocenters. The number of imidazole rings is 1. The minimum absolute atomic E-state index is 0.190. The lowest BCUT2D eigenvalue weighted by molar-refractivity contribution is -0.152. The molecule has 1 N–H and O–H groups in total. The van der Waals surface area contributed by atoms with Crippen LogP contribution in [0.2, 0.25) is 5.02 Å². The molecule has 0 saturated heterocycles. The predicted molar refractivity (Wildman–Crippen MR) is 98.1 cm³/mol. The summed E-state index contributed by atoms with van der Waals surface area (Å²) in [4.78, 5) is 29.8. The number of nitrogens with one attached hydrogen (secondary N) is 1. The van der Waals surface area contributed by atoms with Crippen molar-refractivity contribution in [1.82, 2.24) is 9.55 Å². The van der Waals surface area contributed by atoms with Crippen molar-refractivity contribution in [2.24, 2.45) is 5.92 Å². The number of carbonyl (C=O) groups is 2. The Labute approximate surface area is 154 Å². The van der Waals surface area contributed by atoms with Crippen LogP contribution in [0.3, 0.4) is 0 Å². The van der Waals surface area contributed by atoms with E-state index in [2.05, 4.69) is 10.3 Å². The molecule has 0 spiro atoms. The highest BCUT2D eigenvalue weighted by Gasteiger charge is 2.44. The van der Waals surface area contributed by atoms with Gasteiger partial charge in [0.25, 0.3) is 0 Å². The van der Waals surface area contributed by atoms with Gasteiger partial charge in [-0.05, 0) is 30.7 Å². The molecule has 1 aliphatic rings. The number of esters is 1. The number of nitrogens with zero attached hydrogens (tertiary/aromatic N) is 2. The van der Waals surface area contributed by atoms with Crippen LogP contribution in [0.4, 0.5) is 5.95 Å². The molecule has 0 radical (unpaired) electrons. The second kappa shape index (κ2) is 6.46. The first-order chi connectivity index (χ1) is 12.6. The molecule has 0 saturated carbocycles. The van der Waals surface area contributed by atoms with E-state index in [1.165, 1.54) is 0 Å². The minimum atomic E-state index is -1.06. The summed E-state index contributed by atoms with van der Waals surface area (Å²) in [6.07, 6.45) is 0. The van der Waals surface area contributed by atoms with Gasteiger partial charge in [0, 0.05) is 5.02 Å². The van der Waals surface area contributed by atoms with Crippen molar-refractivity contribution in [3.05, 3.63) is 59.1 Å². The van der Waals surface area contributed by atoms with Crippen LogP contribution in [-0.4, -0.2) is 28.0 Å². The second-order valence-corrected chi connectivity index (χ2v) is 6.39. The van der Waals surface area contributed by atoms with Crippen LogP contribution in [0.1, 0.15) is 18.5 Å². The lowest BCUT2D eigenvalue weighted by atomic mass is 9.90. The number of rotatable bonds is 3. The molecule has 2 atom stereocenters. The number of anilines is 1. The second-order valence-electron chi connectivity index (χ2n) is 5.98. The van der Waals surface area contributed by atoms with Gasteiger partial charge >= 0.3 is 5.97 Å². The van der Waals surface area contributed by atoms with Crippen LogP contribution < -0.4 is 5.32 Å². The summed E-state index contributed by atoms with van der Waals surface area (Å²) in [5, 5.41) is 3.20. The van der Waals surface area contributed by atoms with Crippen molar-refractivity contribution in [3.8, 4) is 0 Å². The zero-order chi connectivity index (χ0) is 18.3. The molecule has 2 aromatic carbocycles. The molecule has 26 heavy (non-hydrogen) atoms. The first kappa shape index (κ1) is 16.6. The highest BCUT2D eigenvalue weighted by atomic mass is 35.5.